The van der Waals surface area contributed by atoms with Crippen molar-refractivity contribution in [2.75, 3.05) is 16.8 Å². The minimum absolute atomic E-state index is 0.106. The highest BCUT2D eigenvalue weighted by molar-refractivity contribution is 7.90. The second-order valence-corrected chi connectivity index (χ2v) is 10.3. The van der Waals surface area contributed by atoms with E-state index in [1.54, 1.807) is 12.1 Å². The number of carbonyl (C=O) groups is 1. The molecule has 152 valence electrons. The first-order valence-corrected chi connectivity index (χ1v) is 12.3. The number of thiazole rings is 1. The summed E-state index contributed by atoms with van der Waals surface area (Å²) in [6.07, 6.45) is 7.91. The fraction of sp³-hybridized carbons (Fsp3) is 0.450. The number of sulfonamides is 1. The number of carbonyl (C=O) groups excluding carboxylic acids is 1. The number of nitrogens with zero attached hydrogens (tertiary/aromatic N) is 3. The van der Waals surface area contributed by atoms with E-state index in [1.165, 1.54) is 22.3 Å². The average Bonchev–Trinajstić information content (AvgIpc) is 2.97. The Morgan fingerprint density at radius 3 is 2.76 bits per heavy atom. The molecule has 1 N–H and O–H groups in total. The zero-order valence-electron chi connectivity index (χ0n) is 16.0. The number of hydrogen-bond acceptors (Lipinski definition) is 6. The molecule has 0 saturated carbocycles. The summed E-state index contributed by atoms with van der Waals surface area (Å²) < 4.78 is 29.5. The van der Waals surface area contributed by atoms with E-state index in [9.17, 15) is 13.2 Å². The van der Waals surface area contributed by atoms with Crippen LogP contribution in [0.1, 0.15) is 59.5 Å². The molecule has 0 atom stereocenters. The number of benzene rings is 1. The summed E-state index contributed by atoms with van der Waals surface area (Å²) in [5, 5.41) is 3.42. The molecule has 3 heterocycles. The predicted octanol–water partition coefficient (Wildman–Crippen LogP) is 3.76. The molecule has 0 spiro atoms. The van der Waals surface area contributed by atoms with Gasteiger partial charge >= 0.3 is 0 Å². The Morgan fingerprint density at radius 1 is 1.07 bits per heavy atom. The third kappa shape index (κ3) is 3.46. The number of amides is 1. The summed E-state index contributed by atoms with van der Waals surface area (Å²) in [4.78, 5) is 20.6. The molecule has 29 heavy (non-hydrogen) atoms. The predicted molar refractivity (Wildman–Crippen MR) is 114 cm³/mol. The minimum Gasteiger partial charge on any atom is -0.328 e. The number of nitrogens with one attached hydrogen (secondary N) is 1. The van der Waals surface area contributed by atoms with Crippen LogP contribution in [0.4, 0.5) is 10.8 Å². The summed E-state index contributed by atoms with van der Waals surface area (Å²) in [6.45, 7) is 0.748. The fourth-order valence-electron chi connectivity index (χ4n) is 4.20. The van der Waals surface area contributed by atoms with Crippen molar-refractivity contribution in [1.82, 2.24) is 4.98 Å². The Bertz CT molecular complexity index is 1100. The lowest BCUT2D eigenvalue weighted by atomic mass is 10.0. The lowest BCUT2D eigenvalue weighted by Gasteiger charge is -2.29. The van der Waals surface area contributed by atoms with E-state index in [4.69, 9.17) is 0 Å². The van der Waals surface area contributed by atoms with E-state index < -0.39 is 10.0 Å². The molecule has 9 heteroatoms. The van der Waals surface area contributed by atoms with Crippen molar-refractivity contribution in [3.05, 3.63) is 34.3 Å². The van der Waals surface area contributed by atoms with Crippen molar-refractivity contribution in [1.29, 1.82) is 0 Å². The Kier molecular flexibility index (Phi) is 4.66. The van der Waals surface area contributed by atoms with E-state index >= 15 is 0 Å². The summed E-state index contributed by atoms with van der Waals surface area (Å²) in [5.41, 5.74) is 2.00. The lowest BCUT2D eigenvalue weighted by molar-refractivity contribution is 0.102. The topological polar surface area (TPSA) is 91.7 Å². The van der Waals surface area contributed by atoms with E-state index in [1.807, 2.05) is 4.90 Å². The number of anilines is 2. The first kappa shape index (κ1) is 18.7. The molecule has 0 unspecified atom stereocenters. The van der Waals surface area contributed by atoms with Crippen LogP contribution in [0.25, 0.3) is 0 Å². The van der Waals surface area contributed by atoms with E-state index in [0.29, 0.717) is 28.6 Å². The minimum atomic E-state index is -3.81. The Labute approximate surface area is 173 Å². The van der Waals surface area contributed by atoms with Gasteiger partial charge in [-0.3, -0.25) is 10.1 Å². The SMILES string of the molecule is O=C(Nc1nc2c(s1)CCCC2)c1ccc2c(c1)S(=O)(=O)N=C1CCCCCN12. The first-order chi connectivity index (χ1) is 14.0. The van der Waals surface area contributed by atoms with Gasteiger partial charge in [-0.2, -0.15) is 8.42 Å². The highest BCUT2D eigenvalue weighted by Crippen LogP contribution is 2.35. The van der Waals surface area contributed by atoms with Crippen LogP contribution in [0.5, 0.6) is 0 Å². The fourth-order valence-corrected chi connectivity index (χ4v) is 6.52. The molecule has 0 bridgehead atoms. The van der Waals surface area contributed by atoms with E-state index in [2.05, 4.69) is 14.7 Å². The molecule has 2 aromatic rings. The zero-order chi connectivity index (χ0) is 20.0. The van der Waals surface area contributed by atoms with E-state index in [-0.39, 0.29) is 10.8 Å². The quantitative estimate of drug-likeness (QED) is 0.783. The molecule has 1 aromatic heterocycles. The van der Waals surface area contributed by atoms with Gasteiger partial charge in [0, 0.05) is 23.4 Å². The van der Waals surface area contributed by atoms with Crippen LogP contribution in [0, 0.1) is 0 Å². The zero-order valence-corrected chi connectivity index (χ0v) is 17.6. The monoisotopic (exact) mass is 430 g/mol. The molecule has 1 fully saturated rings. The molecular weight excluding hydrogens is 408 g/mol. The molecule has 5 rings (SSSR count). The van der Waals surface area contributed by atoms with Crippen LogP contribution in [0.15, 0.2) is 27.5 Å². The van der Waals surface area contributed by atoms with Gasteiger partial charge in [-0.15, -0.1) is 15.7 Å². The second-order valence-electron chi connectivity index (χ2n) is 7.68. The number of hydrogen-bond donors (Lipinski definition) is 1. The van der Waals surface area contributed by atoms with Crippen LogP contribution in [-0.2, 0) is 22.9 Å². The smallest absolute Gasteiger partial charge is 0.286 e. The number of fused-ring (bicyclic) bond motifs is 4. The van der Waals surface area contributed by atoms with E-state index in [0.717, 1.165) is 57.2 Å². The molecule has 3 aliphatic rings. The van der Waals surface area contributed by atoms with Gasteiger partial charge in [-0.1, -0.05) is 6.42 Å². The van der Waals surface area contributed by atoms with Gasteiger partial charge in [0.15, 0.2) is 5.13 Å². The molecule has 1 aromatic carbocycles. The lowest BCUT2D eigenvalue weighted by Crippen LogP contribution is -2.35. The number of rotatable bonds is 2. The Balaban J connectivity index is 1.45. The Morgan fingerprint density at radius 2 is 1.90 bits per heavy atom. The van der Waals surface area contributed by atoms with Crippen molar-refractivity contribution < 1.29 is 13.2 Å². The van der Waals surface area contributed by atoms with Crippen LogP contribution in [0.3, 0.4) is 0 Å². The normalized spacial score (nSPS) is 20.0. The van der Waals surface area contributed by atoms with Crippen LogP contribution < -0.4 is 10.2 Å². The maximum atomic E-state index is 12.8. The largest absolute Gasteiger partial charge is 0.328 e. The molecule has 1 saturated heterocycles. The number of amidine groups is 1. The summed E-state index contributed by atoms with van der Waals surface area (Å²) in [6, 6.07) is 4.86. The third-order valence-corrected chi connectivity index (χ3v) is 8.08. The molecule has 0 radical (unpaired) electrons. The summed E-state index contributed by atoms with van der Waals surface area (Å²) >= 11 is 1.51. The van der Waals surface area contributed by atoms with Crippen LogP contribution >= 0.6 is 11.3 Å². The average molecular weight is 431 g/mol. The molecule has 1 amide bonds. The van der Waals surface area contributed by atoms with Crippen molar-refractivity contribution >= 4 is 43.9 Å². The van der Waals surface area contributed by atoms with Crippen LogP contribution in [0.2, 0.25) is 0 Å². The molecule has 1 aliphatic carbocycles. The highest BCUT2D eigenvalue weighted by Gasteiger charge is 2.32. The molecule has 2 aliphatic heterocycles. The van der Waals surface area contributed by atoms with Gasteiger partial charge in [-0.25, -0.2) is 4.98 Å². The third-order valence-electron chi connectivity index (χ3n) is 5.68. The molecule has 7 nitrogen and oxygen atoms in total. The first-order valence-electron chi connectivity index (χ1n) is 10.1. The van der Waals surface area contributed by atoms with Crippen molar-refractivity contribution in [3.8, 4) is 0 Å². The number of aromatic nitrogens is 1. The standard InChI is InChI=1S/C20H22N4O3S2/c25-19(22-20-21-14-6-3-4-7-16(14)28-20)13-9-10-15-17(12-13)29(26,27)23-18-8-2-1-5-11-24(15)18/h9-10,12H,1-8,11H2,(H,21,22,25). The van der Waals surface area contributed by atoms with Gasteiger partial charge in [0.05, 0.1) is 11.4 Å². The van der Waals surface area contributed by atoms with Crippen LogP contribution in [-0.4, -0.2) is 31.7 Å². The number of aryl methyl sites for hydroxylation is 2. The molecular formula is C20H22N4O3S2. The summed E-state index contributed by atoms with van der Waals surface area (Å²) in [5.74, 6) is 0.264. The van der Waals surface area contributed by atoms with Crippen molar-refractivity contribution in [2.24, 2.45) is 4.40 Å². The van der Waals surface area contributed by atoms with Gasteiger partial charge < -0.3 is 4.90 Å². The Hall–Kier alpha value is -2.26. The summed E-state index contributed by atoms with van der Waals surface area (Å²) in [7, 11) is -3.81. The van der Waals surface area contributed by atoms with Gasteiger partial charge in [-0.05, 0) is 56.7 Å². The van der Waals surface area contributed by atoms with Gasteiger partial charge in [0.2, 0.25) is 0 Å². The van der Waals surface area contributed by atoms with Crippen molar-refractivity contribution in [3.63, 3.8) is 0 Å². The van der Waals surface area contributed by atoms with Gasteiger partial charge in [0.1, 0.15) is 10.7 Å². The maximum Gasteiger partial charge on any atom is 0.286 e. The maximum absolute atomic E-state index is 12.8. The van der Waals surface area contributed by atoms with Gasteiger partial charge in [0.25, 0.3) is 15.9 Å². The highest BCUT2D eigenvalue weighted by atomic mass is 32.2. The second kappa shape index (κ2) is 7.21. The van der Waals surface area contributed by atoms with Crippen molar-refractivity contribution in [2.45, 2.75) is 56.3 Å².